The third kappa shape index (κ3) is 2.06. The van der Waals surface area contributed by atoms with Crippen LogP contribution in [-0.4, -0.2) is 18.2 Å². The van der Waals surface area contributed by atoms with Gasteiger partial charge in [-0.15, -0.1) is 11.3 Å². The maximum Gasteiger partial charge on any atom is 0.348 e. The van der Waals surface area contributed by atoms with E-state index in [1.165, 1.54) is 18.4 Å². The summed E-state index contributed by atoms with van der Waals surface area (Å²) in [5.74, 6) is -0.123. The molecule has 0 aliphatic heterocycles. The van der Waals surface area contributed by atoms with Crippen molar-refractivity contribution in [2.75, 3.05) is 7.11 Å². The largest absolute Gasteiger partial charge is 0.508 e. The van der Waals surface area contributed by atoms with Crippen molar-refractivity contribution in [2.45, 2.75) is 0 Å². The number of methoxy groups -OCH3 is 1. The van der Waals surface area contributed by atoms with Crippen LogP contribution in [0.4, 0.5) is 0 Å². The topological polar surface area (TPSA) is 46.5 Å². The molecule has 0 amide bonds. The van der Waals surface area contributed by atoms with E-state index in [2.05, 4.69) is 4.74 Å². The van der Waals surface area contributed by atoms with Gasteiger partial charge in [0.15, 0.2) is 0 Å². The fourth-order valence-electron chi connectivity index (χ4n) is 1.36. The molecule has 0 spiro atoms. The number of ether oxygens (including phenoxy) is 1. The van der Waals surface area contributed by atoms with Crippen LogP contribution in [0.1, 0.15) is 9.67 Å². The summed E-state index contributed by atoms with van der Waals surface area (Å²) in [5, 5.41) is 9.35. The third-order valence-corrected chi connectivity index (χ3v) is 3.24. The lowest BCUT2D eigenvalue weighted by atomic mass is 10.2. The van der Waals surface area contributed by atoms with Gasteiger partial charge in [-0.05, 0) is 29.8 Å². The van der Waals surface area contributed by atoms with Gasteiger partial charge in [0.1, 0.15) is 10.6 Å². The quantitative estimate of drug-likeness (QED) is 0.813. The number of benzene rings is 1. The Morgan fingerprint density at radius 1 is 1.31 bits per heavy atom. The van der Waals surface area contributed by atoms with Crippen LogP contribution < -0.4 is 0 Å². The molecule has 3 nitrogen and oxygen atoms in total. The smallest absolute Gasteiger partial charge is 0.348 e. The maximum atomic E-state index is 11.3. The van der Waals surface area contributed by atoms with E-state index in [0.29, 0.717) is 4.88 Å². The van der Waals surface area contributed by atoms with Crippen LogP contribution in [0.15, 0.2) is 36.4 Å². The molecule has 1 aromatic carbocycles. The normalized spacial score (nSPS) is 10.1. The minimum atomic E-state index is -0.337. The van der Waals surface area contributed by atoms with E-state index in [1.54, 1.807) is 24.3 Å². The molecule has 0 bridgehead atoms. The summed E-state index contributed by atoms with van der Waals surface area (Å²) in [5.41, 5.74) is 0.889. The van der Waals surface area contributed by atoms with E-state index in [9.17, 15) is 9.90 Å². The molecule has 0 atom stereocenters. The summed E-state index contributed by atoms with van der Waals surface area (Å²) in [6.07, 6.45) is 0. The number of phenolic OH excluding ortho intramolecular Hbond substituents is 1. The Morgan fingerprint density at radius 3 is 2.81 bits per heavy atom. The van der Waals surface area contributed by atoms with Crippen LogP contribution >= 0.6 is 11.3 Å². The Labute approximate surface area is 96.9 Å². The zero-order valence-corrected chi connectivity index (χ0v) is 9.45. The molecule has 2 aromatic rings. The van der Waals surface area contributed by atoms with Gasteiger partial charge in [-0.3, -0.25) is 0 Å². The molecule has 0 saturated heterocycles. The molecule has 0 radical (unpaired) electrons. The molecule has 1 heterocycles. The van der Waals surface area contributed by atoms with Gasteiger partial charge in [-0.1, -0.05) is 12.1 Å². The number of carbonyl (C=O) groups is 1. The maximum absolute atomic E-state index is 11.3. The molecule has 82 valence electrons. The first-order chi connectivity index (χ1) is 7.70. The van der Waals surface area contributed by atoms with E-state index in [-0.39, 0.29) is 11.7 Å². The number of carbonyl (C=O) groups excluding carboxylic acids is 1. The highest BCUT2D eigenvalue weighted by Gasteiger charge is 2.10. The highest BCUT2D eigenvalue weighted by Crippen LogP contribution is 2.30. The van der Waals surface area contributed by atoms with Gasteiger partial charge in [-0.2, -0.15) is 0 Å². The molecule has 2 rings (SSSR count). The van der Waals surface area contributed by atoms with E-state index in [1.807, 2.05) is 12.1 Å². The van der Waals surface area contributed by atoms with E-state index < -0.39 is 0 Å². The van der Waals surface area contributed by atoms with Gasteiger partial charge in [0.2, 0.25) is 0 Å². The minimum absolute atomic E-state index is 0.213. The van der Waals surface area contributed by atoms with Crippen molar-refractivity contribution in [2.24, 2.45) is 0 Å². The summed E-state index contributed by atoms with van der Waals surface area (Å²) in [7, 11) is 1.36. The van der Waals surface area contributed by atoms with Gasteiger partial charge < -0.3 is 9.84 Å². The fraction of sp³-hybridized carbons (Fsp3) is 0.0833. The fourth-order valence-corrected chi connectivity index (χ4v) is 2.28. The van der Waals surface area contributed by atoms with Crippen LogP contribution in [0, 0.1) is 0 Å². The van der Waals surface area contributed by atoms with Gasteiger partial charge in [0.25, 0.3) is 0 Å². The summed E-state index contributed by atoms with van der Waals surface area (Å²) in [6.45, 7) is 0. The second-order valence-corrected chi connectivity index (χ2v) is 4.29. The zero-order valence-electron chi connectivity index (χ0n) is 8.64. The lowest BCUT2D eigenvalue weighted by Crippen LogP contribution is -1.96. The van der Waals surface area contributed by atoms with Crippen molar-refractivity contribution in [3.05, 3.63) is 41.3 Å². The Morgan fingerprint density at radius 2 is 2.12 bits per heavy atom. The van der Waals surface area contributed by atoms with Gasteiger partial charge in [-0.25, -0.2) is 4.79 Å². The summed E-state index contributed by atoms with van der Waals surface area (Å²) in [4.78, 5) is 12.7. The lowest BCUT2D eigenvalue weighted by Gasteiger charge is -1.97. The minimum Gasteiger partial charge on any atom is -0.508 e. The number of phenols is 1. The molecule has 1 N–H and O–H groups in total. The third-order valence-electron chi connectivity index (χ3n) is 2.12. The van der Waals surface area contributed by atoms with E-state index >= 15 is 0 Å². The first-order valence-corrected chi connectivity index (χ1v) is 5.50. The monoisotopic (exact) mass is 234 g/mol. The van der Waals surface area contributed by atoms with Gasteiger partial charge >= 0.3 is 5.97 Å². The molecular formula is C12H10O3S. The van der Waals surface area contributed by atoms with Crippen molar-refractivity contribution >= 4 is 17.3 Å². The van der Waals surface area contributed by atoms with E-state index in [0.717, 1.165) is 10.4 Å². The molecule has 0 unspecified atom stereocenters. The van der Waals surface area contributed by atoms with Crippen LogP contribution in [0.2, 0.25) is 0 Å². The zero-order chi connectivity index (χ0) is 11.5. The SMILES string of the molecule is COC(=O)c1ccc(-c2cccc(O)c2)s1. The predicted molar refractivity (Wildman–Crippen MR) is 62.8 cm³/mol. The molecule has 0 aliphatic rings. The molecule has 0 aliphatic carbocycles. The van der Waals surface area contributed by atoms with Gasteiger partial charge in [0.05, 0.1) is 7.11 Å². The van der Waals surface area contributed by atoms with E-state index in [4.69, 9.17) is 0 Å². The number of thiophene rings is 1. The predicted octanol–water partition coefficient (Wildman–Crippen LogP) is 2.91. The molecule has 0 saturated carbocycles. The molecule has 16 heavy (non-hydrogen) atoms. The summed E-state index contributed by atoms with van der Waals surface area (Å²) >= 11 is 1.34. The summed E-state index contributed by atoms with van der Waals surface area (Å²) in [6, 6.07) is 10.5. The van der Waals surface area contributed by atoms with Crippen molar-refractivity contribution in [1.29, 1.82) is 0 Å². The Bertz CT molecular complexity index is 516. The molecule has 1 aromatic heterocycles. The Balaban J connectivity index is 2.35. The number of esters is 1. The Hall–Kier alpha value is -1.81. The molecule has 0 fully saturated rings. The summed E-state index contributed by atoms with van der Waals surface area (Å²) < 4.78 is 4.63. The first kappa shape index (κ1) is 10.7. The first-order valence-electron chi connectivity index (χ1n) is 4.68. The average molecular weight is 234 g/mol. The number of aromatic hydroxyl groups is 1. The highest BCUT2D eigenvalue weighted by molar-refractivity contribution is 7.17. The van der Waals surface area contributed by atoms with Gasteiger partial charge in [0, 0.05) is 4.88 Å². The second-order valence-electron chi connectivity index (χ2n) is 3.21. The number of rotatable bonds is 2. The van der Waals surface area contributed by atoms with Crippen molar-refractivity contribution in [3.63, 3.8) is 0 Å². The molecule has 4 heteroatoms. The van der Waals surface area contributed by atoms with Crippen LogP contribution in [0.25, 0.3) is 10.4 Å². The van der Waals surface area contributed by atoms with Crippen LogP contribution in [0.3, 0.4) is 0 Å². The highest BCUT2D eigenvalue weighted by atomic mass is 32.1. The number of hydrogen-bond donors (Lipinski definition) is 1. The van der Waals surface area contributed by atoms with Crippen LogP contribution in [0.5, 0.6) is 5.75 Å². The van der Waals surface area contributed by atoms with Crippen molar-refractivity contribution in [1.82, 2.24) is 0 Å². The van der Waals surface area contributed by atoms with Crippen LogP contribution in [-0.2, 0) is 4.74 Å². The van der Waals surface area contributed by atoms with Crippen molar-refractivity contribution in [3.8, 4) is 16.2 Å². The standard InChI is InChI=1S/C12H10O3S/c1-15-12(14)11-6-5-10(16-11)8-3-2-4-9(13)7-8/h2-7,13H,1H3. The molecular weight excluding hydrogens is 224 g/mol. The lowest BCUT2D eigenvalue weighted by molar-refractivity contribution is 0.0606. The average Bonchev–Trinajstić information content (AvgIpc) is 2.77. The Kier molecular flexibility index (Phi) is 2.92. The second kappa shape index (κ2) is 4.37. The van der Waals surface area contributed by atoms with Crippen molar-refractivity contribution < 1.29 is 14.6 Å². The number of hydrogen-bond acceptors (Lipinski definition) is 4.